The molecule has 0 radical (unpaired) electrons. The molecule has 1 amide bonds. The van der Waals surface area contributed by atoms with E-state index >= 15 is 0 Å². The van der Waals surface area contributed by atoms with E-state index in [9.17, 15) is 13.2 Å². The molecule has 156 valence electrons. The van der Waals surface area contributed by atoms with Crippen LogP contribution in [0.1, 0.15) is 39.7 Å². The van der Waals surface area contributed by atoms with Gasteiger partial charge in [0.15, 0.2) is 0 Å². The molecule has 8 heteroatoms. The molecule has 0 saturated carbocycles. The standard InChI is InChI=1S/C22H23N3O4S/c1-14-8-9-15(2)21(12-14)30(27,28)25-24-16(3)18-6-5-7-19(13-18)23-22(26)20-10-11-29-17(20)4/h5-13,25H,1-4H3,(H,23,26)/b24-16+. The lowest BCUT2D eigenvalue weighted by molar-refractivity contribution is 0.102. The van der Waals surface area contributed by atoms with Crippen molar-refractivity contribution in [3.8, 4) is 0 Å². The molecule has 2 aromatic carbocycles. The number of nitrogens with zero attached hydrogens (tertiary/aromatic N) is 1. The molecular formula is C22H23N3O4S. The smallest absolute Gasteiger partial charge is 0.276 e. The van der Waals surface area contributed by atoms with Crippen molar-refractivity contribution in [1.29, 1.82) is 0 Å². The van der Waals surface area contributed by atoms with E-state index in [1.807, 2.05) is 13.0 Å². The van der Waals surface area contributed by atoms with Crippen molar-refractivity contribution < 1.29 is 17.6 Å². The van der Waals surface area contributed by atoms with Crippen molar-refractivity contribution in [1.82, 2.24) is 4.83 Å². The molecule has 1 aromatic heterocycles. The lowest BCUT2D eigenvalue weighted by Gasteiger charge is -2.10. The van der Waals surface area contributed by atoms with Crippen LogP contribution in [0.25, 0.3) is 0 Å². The summed E-state index contributed by atoms with van der Waals surface area (Å²) >= 11 is 0. The van der Waals surface area contributed by atoms with E-state index < -0.39 is 10.0 Å². The number of rotatable bonds is 6. The van der Waals surface area contributed by atoms with Crippen LogP contribution in [0.3, 0.4) is 0 Å². The normalized spacial score (nSPS) is 11.9. The second kappa shape index (κ2) is 8.54. The summed E-state index contributed by atoms with van der Waals surface area (Å²) in [6.07, 6.45) is 1.46. The Labute approximate surface area is 175 Å². The lowest BCUT2D eigenvalue weighted by atomic mass is 10.1. The number of hydrogen-bond acceptors (Lipinski definition) is 5. The summed E-state index contributed by atoms with van der Waals surface area (Å²) in [5.41, 5.74) is 3.62. The largest absolute Gasteiger partial charge is 0.469 e. The van der Waals surface area contributed by atoms with Crippen LogP contribution in [0.2, 0.25) is 0 Å². The molecule has 2 N–H and O–H groups in total. The predicted molar refractivity (Wildman–Crippen MR) is 116 cm³/mol. The third kappa shape index (κ3) is 4.77. The highest BCUT2D eigenvalue weighted by molar-refractivity contribution is 7.89. The second-order valence-electron chi connectivity index (χ2n) is 6.99. The van der Waals surface area contributed by atoms with Gasteiger partial charge in [-0.25, -0.2) is 0 Å². The van der Waals surface area contributed by atoms with Gasteiger partial charge in [0.1, 0.15) is 5.76 Å². The fourth-order valence-corrected chi connectivity index (χ4v) is 4.07. The third-order valence-corrected chi connectivity index (χ3v) is 5.96. The van der Waals surface area contributed by atoms with Crippen molar-refractivity contribution in [3.63, 3.8) is 0 Å². The number of amides is 1. The molecule has 0 saturated heterocycles. The van der Waals surface area contributed by atoms with Crippen molar-refractivity contribution in [3.05, 3.63) is 82.8 Å². The number of aryl methyl sites for hydroxylation is 3. The Morgan fingerprint density at radius 2 is 1.80 bits per heavy atom. The number of anilines is 1. The van der Waals surface area contributed by atoms with Crippen molar-refractivity contribution in [2.75, 3.05) is 5.32 Å². The molecule has 0 aliphatic heterocycles. The number of furan rings is 1. The second-order valence-corrected chi connectivity index (χ2v) is 8.62. The van der Waals surface area contributed by atoms with Crippen LogP contribution in [0.5, 0.6) is 0 Å². The Morgan fingerprint density at radius 1 is 1.03 bits per heavy atom. The average molecular weight is 426 g/mol. The maximum absolute atomic E-state index is 12.6. The van der Waals surface area contributed by atoms with Crippen LogP contribution in [-0.4, -0.2) is 20.0 Å². The van der Waals surface area contributed by atoms with Crippen molar-refractivity contribution in [2.45, 2.75) is 32.6 Å². The number of hydrazone groups is 1. The molecule has 0 unspecified atom stereocenters. The molecule has 0 spiro atoms. The third-order valence-electron chi connectivity index (χ3n) is 4.61. The SMILES string of the molecule is C/C(=N\NS(=O)(=O)c1cc(C)ccc1C)c1cccc(NC(=O)c2ccoc2C)c1. The summed E-state index contributed by atoms with van der Waals surface area (Å²) in [6, 6.07) is 13.8. The molecule has 0 bridgehead atoms. The zero-order chi connectivity index (χ0) is 21.9. The summed E-state index contributed by atoms with van der Waals surface area (Å²) in [5, 5.41) is 6.85. The molecule has 3 rings (SSSR count). The minimum absolute atomic E-state index is 0.190. The fraction of sp³-hybridized carbons (Fsp3) is 0.182. The Balaban J connectivity index is 1.78. The molecule has 0 fully saturated rings. The monoisotopic (exact) mass is 425 g/mol. The van der Waals surface area contributed by atoms with Crippen LogP contribution in [0.4, 0.5) is 5.69 Å². The molecule has 0 aliphatic rings. The summed E-state index contributed by atoms with van der Waals surface area (Å²) in [4.78, 5) is 14.8. The van der Waals surface area contributed by atoms with Gasteiger partial charge in [-0.3, -0.25) is 4.79 Å². The van der Waals surface area contributed by atoms with Gasteiger partial charge in [-0.2, -0.15) is 18.4 Å². The average Bonchev–Trinajstić information content (AvgIpc) is 3.14. The van der Waals surface area contributed by atoms with E-state index in [1.54, 1.807) is 63.2 Å². The molecule has 3 aromatic rings. The number of nitrogens with one attached hydrogen (secondary N) is 2. The van der Waals surface area contributed by atoms with Crippen molar-refractivity contribution >= 4 is 27.3 Å². The van der Waals surface area contributed by atoms with Gasteiger partial charge < -0.3 is 9.73 Å². The van der Waals surface area contributed by atoms with Gasteiger partial charge >= 0.3 is 0 Å². The van der Waals surface area contributed by atoms with Gasteiger partial charge in [0.2, 0.25) is 0 Å². The van der Waals surface area contributed by atoms with Crippen LogP contribution in [0.15, 0.2) is 69.2 Å². The first kappa shape index (κ1) is 21.3. The van der Waals surface area contributed by atoms with E-state index in [0.717, 1.165) is 5.56 Å². The van der Waals surface area contributed by atoms with Gasteiger partial charge in [-0.1, -0.05) is 24.3 Å². The van der Waals surface area contributed by atoms with E-state index in [4.69, 9.17) is 4.42 Å². The van der Waals surface area contributed by atoms with Crippen LogP contribution < -0.4 is 10.1 Å². The summed E-state index contributed by atoms with van der Waals surface area (Å²) in [5.74, 6) is 0.242. The number of carbonyl (C=O) groups excluding carboxylic acids is 1. The van der Waals surface area contributed by atoms with E-state index in [0.29, 0.717) is 33.8 Å². The minimum atomic E-state index is -3.80. The molecule has 30 heavy (non-hydrogen) atoms. The van der Waals surface area contributed by atoms with Crippen LogP contribution >= 0.6 is 0 Å². The highest BCUT2D eigenvalue weighted by atomic mass is 32.2. The number of sulfonamides is 1. The number of benzene rings is 2. The van der Waals surface area contributed by atoms with Crippen LogP contribution in [0, 0.1) is 20.8 Å². The molecule has 0 aliphatic carbocycles. The van der Waals surface area contributed by atoms with Crippen LogP contribution in [-0.2, 0) is 10.0 Å². The Morgan fingerprint density at radius 3 is 2.50 bits per heavy atom. The van der Waals surface area contributed by atoms with E-state index in [2.05, 4.69) is 15.2 Å². The zero-order valence-electron chi connectivity index (χ0n) is 17.2. The van der Waals surface area contributed by atoms with E-state index in [-0.39, 0.29) is 10.8 Å². The van der Waals surface area contributed by atoms with Gasteiger partial charge in [-0.15, -0.1) is 0 Å². The fourth-order valence-electron chi connectivity index (χ4n) is 2.88. The van der Waals surface area contributed by atoms with Gasteiger partial charge in [-0.05, 0) is 68.7 Å². The number of carbonyl (C=O) groups is 1. The zero-order valence-corrected chi connectivity index (χ0v) is 18.0. The maximum Gasteiger partial charge on any atom is 0.276 e. The molecule has 1 heterocycles. The quantitative estimate of drug-likeness (QED) is 0.457. The highest BCUT2D eigenvalue weighted by Crippen LogP contribution is 2.18. The Kier molecular flexibility index (Phi) is 6.07. The van der Waals surface area contributed by atoms with Crippen molar-refractivity contribution in [2.24, 2.45) is 5.10 Å². The van der Waals surface area contributed by atoms with Gasteiger partial charge in [0.05, 0.1) is 22.4 Å². The number of hydrogen-bond donors (Lipinski definition) is 2. The minimum Gasteiger partial charge on any atom is -0.469 e. The highest BCUT2D eigenvalue weighted by Gasteiger charge is 2.16. The molecule has 7 nitrogen and oxygen atoms in total. The predicted octanol–water partition coefficient (Wildman–Crippen LogP) is 4.16. The Hall–Kier alpha value is -3.39. The molecule has 0 atom stereocenters. The first-order chi connectivity index (χ1) is 14.2. The summed E-state index contributed by atoms with van der Waals surface area (Å²) in [6.45, 7) is 6.97. The first-order valence-electron chi connectivity index (χ1n) is 9.26. The van der Waals surface area contributed by atoms with Gasteiger partial charge in [0.25, 0.3) is 15.9 Å². The lowest BCUT2D eigenvalue weighted by Crippen LogP contribution is -2.21. The topological polar surface area (TPSA) is 101 Å². The first-order valence-corrected chi connectivity index (χ1v) is 10.7. The molecular weight excluding hydrogens is 402 g/mol. The Bertz CT molecular complexity index is 1230. The summed E-state index contributed by atoms with van der Waals surface area (Å²) in [7, 11) is -3.80. The van der Waals surface area contributed by atoms with E-state index in [1.165, 1.54) is 6.26 Å². The summed E-state index contributed by atoms with van der Waals surface area (Å²) < 4.78 is 30.4. The van der Waals surface area contributed by atoms with Gasteiger partial charge in [0, 0.05) is 5.69 Å². The maximum atomic E-state index is 12.6.